The Hall–Kier alpha value is -2.54. The number of aryl methyl sites for hydroxylation is 2. The second-order valence-corrected chi connectivity index (χ2v) is 11.1. The highest BCUT2D eigenvalue weighted by Crippen LogP contribution is 2.42. The minimum absolute atomic E-state index is 0.0483. The summed E-state index contributed by atoms with van der Waals surface area (Å²) in [5, 5.41) is 1.70. The zero-order valence-corrected chi connectivity index (χ0v) is 22.3. The van der Waals surface area contributed by atoms with Gasteiger partial charge in [0.05, 0.1) is 17.7 Å². The molecule has 0 amide bonds. The van der Waals surface area contributed by atoms with Gasteiger partial charge in [0, 0.05) is 44.0 Å². The zero-order valence-electron chi connectivity index (χ0n) is 20.7. The molecule has 4 aromatic rings. The number of hydrogen-bond acceptors (Lipinski definition) is 5. The van der Waals surface area contributed by atoms with E-state index in [9.17, 15) is 4.79 Å². The van der Waals surface area contributed by atoms with Gasteiger partial charge in [0.1, 0.15) is 11.8 Å². The van der Waals surface area contributed by atoms with E-state index in [0.29, 0.717) is 11.6 Å². The number of halogens is 1. The predicted molar refractivity (Wildman–Crippen MR) is 140 cm³/mol. The van der Waals surface area contributed by atoms with Crippen LogP contribution in [0, 0.1) is 20.8 Å². The normalized spacial score (nSPS) is 12.9. The first-order valence-corrected chi connectivity index (χ1v) is 12.5. The van der Waals surface area contributed by atoms with Crippen molar-refractivity contribution in [3.63, 3.8) is 0 Å². The molecule has 0 spiro atoms. The van der Waals surface area contributed by atoms with Gasteiger partial charge in [-0.2, -0.15) is 0 Å². The molecule has 0 radical (unpaired) electrons. The van der Waals surface area contributed by atoms with E-state index in [4.69, 9.17) is 21.3 Å². The third-order valence-corrected chi connectivity index (χ3v) is 7.03. The molecule has 0 aliphatic rings. The Kier molecular flexibility index (Phi) is 6.69. The Morgan fingerprint density at radius 2 is 1.85 bits per heavy atom. The number of thiazole rings is 1. The second kappa shape index (κ2) is 9.25. The van der Waals surface area contributed by atoms with Crippen LogP contribution < -0.4 is 0 Å². The summed E-state index contributed by atoms with van der Waals surface area (Å²) in [6.45, 7) is 14.4. The third kappa shape index (κ3) is 4.67. The number of ether oxygens (including phenoxy) is 1. The van der Waals surface area contributed by atoms with Gasteiger partial charge in [0.25, 0.3) is 0 Å². The molecule has 1 aromatic carbocycles. The van der Waals surface area contributed by atoms with E-state index in [1.165, 1.54) is 0 Å². The fraction of sp³-hybridized carbons (Fsp3) is 0.370. The van der Waals surface area contributed by atoms with Crippen molar-refractivity contribution in [2.45, 2.75) is 66.7 Å². The lowest BCUT2D eigenvalue weighted by Crippen LogP contribution is -2.27. The molecule has 0 saturated heterocycles. The lowest BCUT2D eigenvalue weighted by Gasteiger charge is -2.29. The van der Waals surface area contributed by atoms with Crippen molar-refractivity contribution in [2.75, 3.05) is 0 Å². The maximum atomic E-state index is 12.9. The number of ketones is 1. The summed E-state index contributed by atoms with van der Waals surface area (Å²) in [4.78, 5) is 23.4. The first-order valence-electron chi connectivity index (χ1n) is 11.3. The van der Waals surface area contributed by atoms with E-state index in [-0.39, 0.29) is 5.78 Å². The molecule has 34 heavy (non-hydrogen) atoms. The number of aromatic nitrogens is 3. The molecule has 5 nitrogen and oxygen atoms in total. The number of benzene rings is 1. The molecule has 4 rings (SSSR count). The molecule has 0 aliphatic heterocycles. The van der Waals surface area contributed by atoms with E-state index < -0.39 is 11.7 Å². The number of fused-ring (bicyclic) bond motifs is 1. The van der Waals surface area contributed by atoms with Gasteiger partial charge in [-0.3, -0.25) is 9.78 Å². The predicted octanol–water partition coefficient (Wildman–Crippen LogP) is 7.23. The number of Topliss-reactive ketones (excluding diaryl/α,β-unsaturated/α-hetero) is 1. The number of carbonyl (C=O) groups is 1. The van der Waals surface area contributed by atoms with Crippen molar-refractivity contribution < 1.29 is 9.53 Å². The van der Waals surface area contributed by atoms with Gasteiger partial charge in [-0.1, -0.05) is 23.7 Å². The number of rotatable bonds is 6. The minimum atomic E-state index is -0.730. The van der Waals surface area contributed by atoms with Crippen molar-refractivity contribution in [3.8, 4) is 11.1 Å². The van der Waals surface area contributed by atoms with Crippen LogP contribution in [0.2, 0.25) is 5.02 Å². The highest BCUT2D eigenvalue weighted by atomic mass is 35.5. The van der Waals surface area contributed by atoms with Crippen molar-refractivity contribution in [3.05, 3.63) is 68.4 Å². The molecule has 3 aromatic heterocycles. The molecule has 0 unspecified atom stereocenters. The van der Waals surface area contributed by atoms with Crippen molar-refractivity contribution in [2.24, 2.45) is 0 Å². The highest BCUT2D eigenvalue weighted by molar-refractivity contribution is 7.09. The second-order valence-electron chi connectivity index (χ2n) is 9.68. The van der Waals surface area contributed by atoms with Crippen LogP contribution in [-0.2, 0) is 16.1 Å². The third-order valence-electron chi connectivity index (χ3n) is 6.02. The Labute approximate surface area is 209 Å². The van der Waals surface area contributed by atoms with E-state index in [2.05, 4.69) is 23.4 Å². The molecule has 178 valence electrons. The number of carbonyl (C=O) groups excluding carboxylic acids is 1. The standard InChI is InChI=1S/C27H30ClN3O2S/c1-15-17(3)31(13-21-12-29-14-34-21)26-22(15)24(19-8-10-20(28)11-9-19)23(16(2)30-26)25(18(4)32)33-27(5,6)7/h8-12,14,25H,13H2,1-7H3/t25-/m1/s1. The molecular formula is C27H30ClN3O2S. The molecule has 7 heteroatoms. The molecule has 0 fully saturated rings. The molecule has 0 aliphatic carbocycles. The van der Waals surface area contributed by atoms with Gasteiger partial charge in [-0.15, -0.1) is 11.3 Å². The van der Waals surface area contributed by atoms with E-state index in [1.54, 1.807) is 18.3 Å². The first-order chi connectivity index (χ1) is 16.0. The first kappa shape index (κ1) is 24.6. The Morgan fingerprint density at radius 3 is 2.41 bits per heavy atom. The molecule has 0 bridgehead atoms. The fourth-order valence-electron chi connectivity index (χ4n) is 4.40. The summed E-state index contributed by atoms with van der Waals surface area (Å²) >= 11 is 7.86. The number of hydrogen-bond donors (Lipinski definition) is 0. The van der Waals surface area contributed by atoms with Crippen LogP contribution in [0.3, 0.4) is 0 Å². The van der Waals surface area contributed by atoms with Crippen LogP contribution in [0.15, 0.2) is 36.0 Å². The lowest BCUT2D eigenvalue weighted by molar-refractivity contribution is -0.138. The quantitative estimate of drug-likeness (QED) is 0.283. The average molecular weight is 496 g/mol. The molecule has 3 heterocycles. The van der Waals surface area contributed by atoms with Crippen molar-refractivity contribution in [1.29, 1.82) is 0 Å². The topological polar surface area (TPSA) is 57.0 Å². The van der Waals surface area contributed by atoms with E-state index in [0.717, 1.165) is 49.6 Å². The Morgan fingerprint density at radius 1 is 1.18 bits per heavy atom. The van der Waals surface area contributed by atoms with E-state index in [1.807, 2.05) is 63.7 Å². The van der Waals surface area contributed by atoms with Gasteiger partial charge < -0.3 is 9.30 Å². The van der Waals surface area contributed by atoms with Crippen molar-refractivity contribution in [1.82, 2.24) is 14.5 Å². The molecular weight excluding hydrogens is 466 g/mol. The molecule has 1 atom stereocenters. The summed E-state index contributed by atoms with van der Waals surface area (Å²) in [6, 6.07) is 7.77. The van der Waals surface area contributed by atoms with Gasteiger partial charge >= 0.3 is 0 Å². The molecule has 0 saturated carbocycles. The average Bonchev–Trinajstić information content (AvgIpc) is 3.34. The number of pyridine rings is 1. The Bertz CT molecular complexity index is 1350. The smallest absolute Gasteiger partial charge is 0.163 e. The van der Waals surface area contributed by atoms with Gasteiger partial charge in [0.15, 0.2) is 5.78 Å². The highest BCUT2D eigenvalue weighted by Gasteiger charge is 2.32. The monoisotopic (exact) mass is 495 g/mol. The van der Waals surface area contributed by atoms with Crippen LogP contribution in [-0.4, -0.2) is 25.9 Å². The van der Waals surface area contributed by atoms with Crippen LogP contribution in [0.5, 0.6) is 0 Å². The minimum Gasteiger partial charge on any atom is -0.360 e. The van der Waals surface area contributed by atoms with Crippen LogP contribution >= 0.6 is 22.9 Å². The number of nitrogens with zero attached hydrogens (tertiary/aromatic N) is 3. The SMILES string of the molecule is CC(=O)[C@@H](OC(C)(C)C)c1c(C)nc2c(c(C)c(C)n2Cc2cncs2)c1-c1ccc(Cl)cc1. The van der Waals surface area contributed by atoms with Crippen LogP contribution in [0.25, 0.3) is 22.2 Å². The maximum Gasteiger partial charge on any atom is 0.163 e. The van der Waals surface area contributed by atoms with Crippen LogP contribution in [0.4, 0.5) is 0 Å². The van der Waals surface area contributed by atoms with Gasteiger partial charge in [-0.25, -0.2) is 4.98 Å². The van der Waals surface area contributed by atoms with Crippen molar-refractivity contribution >= 4 is 39.8 Å². The maximum absolute atomic E-state index is 12.9. The Balaban J connectivity index is 2.09. The van der Waals surface area contributed by atoms with E-state index >= 15 is 0 Å². The zero-order chi connectivity index (χ0) is 24.8. The summed E-state index contributed by atoms with van der Waals surface area (Å²) in [5.41, 5.74) is 8.07. The summed E-state index contributed by atoms with van der Waals surface area (Å²) < 4.78 is 8.57. The van der Waals surface area contributed by atoms with Gasteiger partial charge in [-0.05, 0) is 71.7 Å². The summed E-state index contributed by atoms with van der Waals surface area (Å²) in [7, 11) is 0. The van der Waals surface area contributed by atoms with Crippen LogP contribution in [0.1, 0.15) is 61.2 Å². The lowest BCUT2D eigenvalue weighted by atomic mass is 9.90. The molecule has 0 N–H and O–H groups in total. The largest absolute Gasteiger partial charge is 0.360 e. The van der Waals surface area contributed by atoms with Gasteiger partial charge in [0.2, 0.25) is 0 Å². The summed E-state index contributed by atoms with van der Waals surface area (Å²) in [5.74, 6) is -0.0483. The fourth-order valence-corrected chi connectivity index (χ4v) is 5.11. The summed E-state index contributed by atoms with van der Waals surface area (Å²) in [6.07, 6.45) is 1.17.